The summed E-state index contributed by atoms with van der Waals surface area (Å²) < 4.78 is 70.0. The first-order valence-corrected chi connectivity index (χ1v) is 13.8. The summed E-state index contributed by atoms with van der Waals surface area (Å²) in [7, 11) is -4.76. The van der Waals surface area contributed by atoms with Gasteiger partial charge >= 0.3 is 12.1 Å². The number of ether oxygens (including phenoxy) is 1. The van der Waals surface area contributed by atoms with Crippen molar-refractivity contribution in [2.24, 2.45) is 10.2 Å². The summed E-state index contributed by atoms with van der Waals surface area (Å²) in [6, 6.07) is 3.25. The fourth-order valence-electron chi connectivity index (χ4n) is 3.72. The van der Waals surface area contributed by atoms with Crippen molar-refractivity contribution >= 4 is 49.5 Å². The van der Waals surface area contributed by atoms with Gasteiger partial charge in [0.15, 0.2) is 5.75 Å². The van der Waals surface area contributed by atoms with E-state index in [1.165, 1.54) is 6.07 Å². The van der Waals surface area contributed by atoms with Crippen molar-refractivity contribution < 1.29 is 31.1 Å². The van der Waals surface area contributed by atoms with Gasteiger partial charge in [0, 0.05) is 18.3 Å². The Balaban J connectivity index is 1.93. The molecule has 0 aliphatic carbocycles. The summed E-state index contributed by atoms with van der Waals surface area (Å²) >= 11 is 0.825. The normalized spacial score (nSPS) is 16.3. The number of nitrogens with zero attached hydrogens (tertiary/aromatic N) is 5. The first-order valence-electron chi connectivity index (χ1n) is 11.4. The molecule has 0 radical (unpaired) electrons. The van der Waals surface area contributed by atoms with E-state index in [9.17, 15) is 26.4 Å². The minimum absolute atomic E-state index is 0.00284. The average Bonchev–Trinajstić information content (AvgIpc) is 3.25. The second kappa shape index (κ2) is 11.5. The number of carbonyl (C=O) groups is 1. The molecule has 1 aromatic heterocycles. The summed E-state index contributed by atoms with van der Waals surface area (Å²) in [5.74, 6) is -2.69. The lowest BCUT2D eigenvalue weighted by Gasteiger charge is -2.36. The van der Waals surface area contributed by atoms with E-state index in [0.29, 0.717) is 25.1 Å². The lowest BCUT2D eigenvalue weighted by atomic mass is 9.95. The molecule has 0 spiro atoms. The van der Waals surface area contributed by atoms with Crippen LogP contribution < -0.4 is 9.62 Å². The highest BCUT2D eigenvalue weighted by Crippen LogP contribution is 2.40. The molecule has 1 atom stereocenters. The second-order valence-electron chi connectivity index (χ2n) is 8.23. The molecule has 10 nitrogen and oxygen atoms in total. The molecular formula is C21H27F3N6O4S2. The van der Waals surface area contributed by atoms with Crippen LogP contribution >= 0.6 is 11.3 Å². The minimum atomic E-state index is -4.92. The number of sulfonamides is 1. The van der Waals surface area contributed by atoms with Crippen LogP contribution in [-0.2, 0) is 21.2 Å². The van der Waals surface area contributed by atoms with Crippen molar-refractivity contribution in [1.29, 1.82) is 0 Å². The van der Waals surface area contributed by atoms with Crippen LogP contribution in [0.4, 0.5) is 35.4 Å². The molecular weight excluding hydrogens is 521 g/mol. The maximum absolute atomic E-state index is 12.8. The van der Waals surface area contributed by atoms with Gasteiger partial charge in [-0.15, -0.1) is 20.4 Å². The van der Waals surface area contributed by atoms with E-state index in [2.05, 4.69) is 20.4 Å². The molecule has 198 valence electrons. The van der Waals surface area contributed by atoms with Gasteiger partial charge in [0.05, 0.1) is 12.3 Å². The van der Waals surface area contributed by atoms with Crippen molar-refractivity contribution in [2.45, 2.75) is 58.7 Å². The molecule has 1 unspecified atom stereocenters. The summed E-state index contributed by atoms with van der Waals surface area (Å²) in [5, 5.41) is 15.4. The topological polar surface area (TPSA) is 126 Å². The number of aromatic nitrogens is 2. The Morgan fingerprint density at radius 1 is 1.28 bits per heavy atom. The van der Waals surface area contributed by atoms with Crippen LogP contribution in [0.5, 0.6) is 0 Å². The van der Waals surface area contributed by atoms with Gasteiger partial charge in [-0.3, -0.25) is 4.72 Å². The van der Waals surface area contributed by atoms with Crippen molar-refractivity contribution in [3.63, 3.8) is 0 Å². The Bertz CT molecular complexity index is 1220. The van der Waals surface area contributed by atoms with E-state index in [1.54, 1.807) is 6.07 Å². The largest absolute Gasteiger partial charge is 0.460 e. The predicted octanol–water partition coefficient (Wildman–Crippen LogP) is 5.38. The maximum atomic E-state index is 12.8. The maximum Gasteiger partial charge on any atom is 0.404 e. The van der Waals surface area contributed by atoms with Gasteiger partial charge in [-0.2, -0.15) is 13.2 Å². The lowest BCUT2D eigenvalue weighted by Crippen LogP contribution is -2.37. The van der Waals surface area contributed by atoms with Crippen molar-refractivity contribution in [2.75, 3.05) is 28.5 Å². The van der Waals surface area contributed by atoms with Gasteiger partial charge in [-0.25, -0.2) is 13.2 Å². The zero-order chi connectivity index (χ0) is 26.5. The highest BCUT2D eigenvalue weighted by molar-refractivity contribution is 7.92. The number of fused-ring (bicyclic) bond motifs is 1. The van der Waals surface area contributed by atoms with Crippen molar-refractivity contribution in [3.8, 4) is 0 Å². The number of aryl methyl sites for hydroxylation is 1. The van der Waals surface area contributed by atoms with E-state index in [-0.39, 0.29) is 34.2 Å². The van der Waals surface area contributed by atoms with Crippen LogP contribution in [0.1, 0.15) is 55.4 Å². The lowest BCUT2D eigenvalue weighted by molar-refractivity contribution is -0.106. The summed E-state index contributed by atoms with van der Waals surface area (Å²) in [6.45, 7) is 6.79. The molecule has 15 heteroatoms. The zero-order valence-corrected chi connectivity index (χ0v) is 21.6. The molecule has 0 bridgehead atoms. The van der Waals surface area contributed by atoms with Crippen molar-refractivity contribution in [3.05, 3.63) is 22.7 Å². The number of hydrogen-bond donors (Lipinski definition) is 1. The molecule has 2 heterocycles. The van der Waals surface area contributed by atoms with Crippen LogP contribution in [0, 0.1) is 0 Å². The molecule has 0 fully saturated rings. The number of azo groups is 1. The van der Waals surface area contributed by atoms with Gasteiger partial charge in [0.25, 0.3) is 5.13 Å². The number of anilines is 2. The molecule has 0 amide bonds. The third-order valence-electron chi connectivity index (χ3n) is 5.39. The van der Waals surface area contributed by atoms with Crippen LogP contribution in [0.3, 0.4) is 0 Å². The third kappa shape index (κ3) is 7.35. The number of benzene rings is 1. The van der Waals surface area contributed by atoms with E-state index in [0.717, 1.165) is 29.7 Å². The quantitative estimate of drug-likeness (QED) is 0.240. The number of unbranched alkanes of at least 4 members (excludes halogenated alkanes) is 1. The van der Waals surface area contributed by atoms with Gasteiger partial charge in [0.1, 0.15) is 5.69 Å². The number of rotatable bonds is 10. The third-order valence-corrected chi connectivity index (χ3v) is 7.42. The van der Waals surface area contributed by atoms with E-state index in [4.69, 9.17) is 4.74 Å². The standard InChI is InChI=1S/C21H27F3N6O4S2/c1-4-6-9-34-19(31)18-26-28-20(35-18)27-25-15-10-14-8-7-13(3)30(5-2)17(14)11-16(15)29-36(32,33)12-21(22,23)24/h10-11,13,29H,4-9,12H2,1-3H3. The molecule has 1 aromatic carbocycles. The van der Waals surface area contributed by atoms with E-state index < -0.39 is 27.9 Å². The molecule has 0 saturated heterocycles. The predicted molar refractivity (Wildman–Crippen MR) is 130 cm³/mol. The molecule has 1 aliphatic heterocycles. The molecule has 2 aromatic rings. The molecule has 36 heavy (non-hydrogen) atoms. The van der Waals surface area contributed by atoms with Crippen LogP contribution in [0.2, 0.25) is 0 Å². The number of nitrogens with one attached hydrogen (secondary N) is 1. The van der Waals surface area contributed by atoms with Crippen LogP contribution in [0.25, 0.3) is 0 Å². The number of alkyl halides is 3. The fraction of sp³-hybridized carbons (Fsp3) is 0.571. The Morgan fingerprint density at radius 2 is 2.03 bits per heavy atom. The first-order chi connectivity index (χ1) is 16.9. The first kappa shape index (κ1) is 27.8. The van der Waals surface area contributed by atoms with Gasteiger partial charge < -0.3 is 9.64 Å². The number of carbonyl (C=O) groups excluding carboxylic acids is 1. The highest BCUT2D eigenvalue weighted by atomic mass is 32.2. The van der Waals surface area contributed by atoms with Gasteiger partial charge in [-0.05, 0) is 50.8 Å². The average molecular weight is 549 g/mol. The Kier molecular flexibility index (Phi) is 8.87. The Hall–Kier alpha value is -2.81. The van der Waals surface area contributed by atoms with E-state index >= 15 is 0 Å². The number of halogens is 3. The summed E-state index contributed by atoms with van der Waals surface area (Å²) in [5.41, 5.74) is 1.46. The van der Waals surface area contributed by atoms with Crippen LogP contribution in [0.15, 0.2) is 22.4 Å². The number of hydrogen-bond acceptors (Lipinski definition) is 10. The summed E-state index contributed by atoms with van der Waals surface area (Å²) in [4.78, 5) is 14.1. The monoisotopic (exact) mass is 548 g/mol. The second-order valence-corrected chi connectivity index (χ2v) is 10.9. The number of esters is 1. The molecule has 1 aliphatic rings. The fourth-order valence-corrected chi connectivity index (χ4v) is 5.28. The van der Waals surface area contributed by atoms with Gasteiger partial charge in [-0.1, -0.05) is 24.7 Å². The van der Waals surface area contributed by atoms with Crippen LogP contribution in [-0.4, -0.2) is 55.7 Å². The molecule has 0 saturated carbocycles. The zero-order valence-electron chi connectivity index (χ0n) is 20.0. The minimum Gasteiger partial charge on any atom is -0.460 e. The smallest absolute Gasteiger partial charge is 0.404 e. The highest BCUT2D eigenvalue weighted by Gasteiger charge is 2.36. The van der Waals surface area contributed by atoms with E-state index in [1.807, 2.05) is 30.4 Å². The Morgan fingerprint density at radius 3 is 2.69 bits per heavy atom. The Labute approximate surface area is 211 Å². The molecule has 1 N–H and O–H groups in total. The molecule has 3 rings (SSSR count). The SMILES string of the molecule is CCCCOC(=O)c1nnc(N=Nc2cc3c(cc2NS(=O)(=O)CC(F)(F)F)N(CC)C(C)CC3)s1. The van der Waals surface area contributed by atoms with Crippen molar-refractivity contribution in [1.82, 2.24) is 10.2 Å². The van der Waals surface area contributed by atoms with Gasteiger partial charge in [0.2, 0.25) is 15.0 Å². The summed E-state index contributed by atoms with van der Waals surface area (Å²) in [6.07, 6.45) is -1.83.